The first kappa shape index (κ1) is 41.8. The normalized spacial score (nSPS) is 20.0. The number of amides is 1. The van der Waals surface area contributed by atoms with Crippen molar-refractivity contribution >= 4 is 23.9 Å². The van der Waals surface area contributed by atoms with Gasteiger partial charge in [-0.2, -0.15) is 0 Å². The minimum Gasteiger partial charge on any atom is -0.508 e. The average molecular weight is 734 g/mol. The summed E-state index contributed by atoms with van der Waals surface area (Å²) in [6.45, 7) is 9.29. The van der Waals surface area contributed by atoms with Crippen LogP contribution < -0.4 is 5.32 Å². The molecule has 1 fully saturated rings. The summed E-state index contributed by atoms with van der Waals surface area (Å²) in [6, 6.07) is 13.6. The monoisotopic (exact) mass is 733 g/mol. The maximum atomic E-state index is 13.8. The van der Waals surface area contributed by atoms with Crippen molar-refractivity contribution in [2.45, 2.75) is 147 Å². The van der Waals surface area contributed by atoms with Crippen molar-refractivity contribution in [2.24, 2.45) is 0 Å². The highest BCUT2D eigenvalue weighted by Crippen LogP contribution is 2.43. The fourth-order valence-corrected chi connectivity index (χ4v) is 6.75. The molecule has 4 rings (SSSR count). The minimum atomic E-state index is -0.855. The Kier molecular flexibility index (Phi) is 15.7. The van der Waals surface area contributed by atoms with Crippen LogP contribution in [0, 0.1) is 0 Å². The third-order valence-corrected chi connectivity index (χ3v) is 9.49. The number of phenolic OH excluding ortho intramolecular Hbond substituents is 1. The number of ether oxygens (including phenoxy) is 4. The van der Waals surface area contributed by atoms with Crippen LogP contribution in [-0.4, -0.2) is 70.4 Å². The van der Waals surface area contributed by atoms with Gasteiger partial charge in [0.05, 0.1) is 18.2 Å². The summed E-state index contributed by atoms with van der Waals surface area (Å²) < 4.78 is 25.0. The van der Waals surface area contributed by atoms with E-state index in [1.807, 2.05) is 30.4 Å². The summed E-state index contributed by atoms with van der Waals surface area (Å²) in [5.74, 6) is -2.01. The van der Waals surface area contributed by atoms with E-state index >= 15 is 0 Å². The van der Waals surface area contributed by atoms with Crippen molar-refractivity contribution < 1.29 is 43.5 Å². The quantitative estimate of drug-likeness (QED) is 0.0977. The van der Waals surface area contributed by atoms with E-state index in [1.54, 1.807) is 57.2 Å². The van der Waals surface area contributed by atoms with Crippen LogP contribution in [0.1, 0.15) is 127 Å². The smallest absolute Gasteiger partial charge is 0.338 e. The number of aliphatic hydroxyl groups excluding tert-OH is 1. The summed E-state index contributed by atoms with van der Waals surface area (Å²) in [4.78, 5) is 39.8. The van der Waals surface area contributed by atoms with Gasteiger partial charge in [0, 0.05) is 31.3 Å². The molecule has 1 aliphatic carbocycles. The predicted octanol–water partition coefficient (Wildman–Crippen LogP) is 7.74. The number of nitrogens with one attached hydrogen (secondary N) is 1. The first-order valence-electron chi connectivity index (χ1n) is 19.3. The van der Waals surface area contributed by atoms with Gasteiger partial charge < -0.3 is 34.5 Å². The number of rotatable bonds is 19. The third-order valence-electron chi connectivity index (χ3n) is 9.49. The molecule has 1 aliphatic heterocycles. The largest absolute Gasteiger partial charge is 0.508 e. The van der Waals surface area contributed by atoms with E-state index in [0.717, 1.165) is 49.7 Å². The second-order valence-electron chi connectivity index (χ2n) is 15.2. The van der Waals surface area contributed by atoms with Crippen molar-refractivity contribution in [1.29, 1.82) is 0 Å². The van der Waals surface area contributed by atoms with Crippen molar-refractivity contribution in [3.63, 3.8) is 0 Å². The van der Waals surface area contributed by atoms with E-state index in [-0.39, 0.29) is 31.6 Å². The number of allylic oxidation sites excluding steroid dienone is 1. The van der Waals surface area contributed by atoms with Gasteiger partial charge in [0.1, 0.15) is 29.7 Å². The van der Waals surface area contributed by atoms with Crippen LogP contribution >= 0.6 is 0 Å². The average Bonchev–Trinajstić information content (AvgIpc) is 3.49. The van der Waals surface area contributed by atoms with E-state index in [1.165, 1.54) is 0 Å². The molecule has 10 heteroatoms. The molecule has 1 saturated heterocycles. The second-order valence-corrected chi connectivity index (χ2v) is 15.2. The molecule has 0 spiro atoms. The summed E-state index contributed by atoms with van der Waals surface area (Å²) in [5, 5.41) is 23.0. The molecule has 4 unspecified atom stereocenters. The number of hydrogen-bond acceptors (Lipinski definition) is 9. The van der Waals surface area contributed by atoms with E-state index in [0.29, 0.717) is 30.4 Å². The van der Waals surface area contributed by atoms with Gasteiger partial charge in [-0.25, -0.2) is 4.79 Å². The number of esters is 2. The van der Waals surface area contributed by atoms with E-state index in [4.69, 9.17) is 18.9 Å². The fourth-order valence-electron chi connectivity index (χ4n) is 6.75. The molecule has 2 aliphatic rings. The molecule has 0 radical (unpaired) electrons. The number of fused-ring (bicyclic) bond motifs is 1. The number of unbranched alkanes of at least 4 members (excludes halogenated alkanes) is 4. The number of carbonyl (C=O) groups is 3. The van der Waals surface area contributed by atoms with E-state index in [9.17, 15) is 24.6 Å². The first-order chi connectivity index (χ1) is 25.3. The molecule has 2 aromatic rings. The molecule has 4 atom stereocenters. The molecule has 0 aromatic heterocycles. The van der Waals surface area contributed by atoms with Crippen LogP contribution in [0.3, 0.4) is 0 Å². The number of aliphatic hydroxyl groups is 1. The topological polar surface area (TPSA) is 141 Å². The van der Waals surface area contributed by atoms with Gasteiger partial charge in [-0.1, -0.05) is 82.0 Å². The van der Waals surface area contributed by atoms with Crippen molar-refractivity contribution in [2.75, 3.05) is 6.61 Å². The number of benzene rings is 2. The van der Waals surface area contributed by atoms with Crippen LogP contribution in [0.15, 0.2) is 66.3 Å². The highest BCUT2D eigenvalue weighted by Gasteiger charge is 2.52. The lowest BCUT2D eigenvalue weighted by Crippen LogP contribution is -2.45. The molecular formula is C43H59NO9. The maximum absolute atomic E-state index is 13.8. The maximum Gasteiger partial charge on any atom is 0.338 e. The number of aromatic hydroxyl groups is 1. The fraction of sp³-hybridized carbons (Fsp3) is 0.558. The zero-order valence-corrected chi connectivity index (χ0v) is 32.1. The number of phenols is 1. The lowest BCUT2D eigenvalue weighted by atomic mass is 9.91. The lowest BCUT2D eigenvalue weighted by molar-refractivity contribution is -0.190. The Morgan fingerprint density at radius 3 is 2.38 bits per heavy atom. The molecule has 0 saturated carbocycles. The molecule has 1 heterocycles. The number of hydrogen-bond donors (Lipinski definition) is 3. The molecule has 0 bridgehead atoms. The zero-order valence-electron chi connectivity index (χ0n) is 32.1. The summed E-state index contributed by atoms with van der Waals surface area (Å²) >= 11 is 0. The van der Waals surface area contributed by atoms with Crippen LogP contribution in [0.5, 0.6) is 5.75 Å². The molecule has 290 valence electrons. The zero-order chi connectivity index (χ0) is 38.4. The Bertz CT molecular complexity index is 1570. The molecular weight excluding hydrogens is 674 g/mol. The van der Waals surface area contributed by atoms with Gasteiger partial charge in [0.15, 0.2) is 5.79 Å². The Morgan fingerprint density at radius 2 is 1.72 bits per heavy atom. The Morgan fingerprint density at radius 1 is 1.00 bits per heavy atom. The summed E-state index contributed by atoms with van der Waals surface area (Å²) in [6.07, 6.45) is 11.8. The highest BCUT2D eigenvalue weighted by molar-refractivity contribution is 5.94. The van der Waals surface area contributed by atoms with Gasteiger partial charge in [-0.15, -0.1) is 0 Å². The summed E-state index contributed by atoms with van der Waals surface area (Å²) in [7, 11) is 0. The number of para-hydroxylation sites is 1. The molecule has 10 nitrogen and oxygen atoms in total. The Balaban J connectivity index is 1.53. The van der Waals surface area contributed by atoms with Gasteiger partial charge in [-0.05, 0) is 81.9 Å². The molecule has 1 amide bonds. The third kappa shape index (κ3) is 12.8. The second kappa shape index (κ2) is 19.9. The van der Waals surface area contributed by atoms with Crippen LogP contribution in [-0.2, 0) is 35.0 Å². The van der Waals surface area contributed by atoms with E-state index in [2.05, 4.69) is 19.2 Å². The van der Waals surface area contributed by atoms with Crippen LogP contribution in [0.25, 0.3) is 6.08 Å². The summed E-state index contributed by atoms with van der Waals surface area (Å²) in [5.41, 5.74) is 1.67. The van der Waals surface area contributed by atoms with Gasteiger partial charge in [0.25, 0.3) is 0 Å². The Hall–Kier alpha value is -3.99. The minimum absolute atomic E-state index is 0.0325. The van der Waals surface area contributed by atoms with Gasteiger partial charge >= 0.3 is 11.9 Å². The van der Waals surface area contributed by atoms with E-state index < -0.39 is 53.6 Å². The van der Waals surface area contributed by atoms with Gasteiger partial charge in [0.2, 0.25) is 5.91 Å². The van der Waals surface area contributed by atoms with Crippen molar-refractivity contribution in [3.8, 4) is 5.75 Å². The molecule has 2 aromatic carbocycles. The lowest BCUT2D eigenvalue weighted by Gasteiger charge is -2.31. The molecule has 3 N–H and O–H groups in total. The highest BCUT2D eigenvalue weighted by atomic mass is 16.8. The molecule has 53 heavy (non-hydrogen) atoms. The van der Waals surface area contributed by atoms with Crippen LogP contribution in [0.2, 0.25) is 0 Å². The van der Waals surface area contributed by atoms with Crippen molar-refractivity contribution in [3.05, 3.63) is 82.9 Å². The predicted molar refractivity (Wildman–Crippen MR) is 204 cm³/mol. The number of carbonyl (C=O) groups excluding carboxylic acids is 3. The van der Waals surface area contributed by atoms with Crippen molar-refractivity contribution in [1.82, 2.24) is 5.32 Å². The van der Waals surface area contributed by atoms with Gasteiger partial charge in [-0.3, -0.25) is 9.59 Å². The SMILES string of the molecule is CCCCCC1(CCCCC)OC2C=C(C(=O)NC(CO)CCC(=O)OC(C)(C)C)CC(OC(=O)c3cccc(C=CCc4ccccc4O)c3)C2O1. The Labute approximate surface area is 314 Å². The standard InChI is InChI=1S/C43H59NO9/c1-6-8-12-24-43(25-13-9-7-2)51-37-28-33(40(48)44-34(29-45)22-23-38(47)52-42(3,4)5)27-36(39(37)53-43)50-41(49)32-20-15-17-30(26-32)16-14-19-31-18-10-11-21-35(31)46/h10-11,14-18,20-21,26,28,34,36-37,39,45-46H,6-9,12-13,19,22-25,27,29H2,1-5H3,(H,44,48). The van der Waals surface area contributed by atoms with Crippen LogP contribution in [0.4, 0.5) is 0 Å². The first-order valence-corrected chi connectivity index (χ1v) is 19.3.